The number of carbonyl (C=O) groups excluding carboxylic acids is 1. The number of nitrogens with two attached hydrogens (primary N) is 1. The Morgan fingerprint density at radius 3 is 2.73 bits per heavy atom. The number of para-hydroxylation sites is 1. The molecule has 1 unspecified atom stereocenters. The second-order valence-electron chi connectivity index (χ2n) is 9.07. The van der Waals surface area contributed by atoms with Crippen molar-refractivity contribution < 1.29 is 9.53 Å². The lowest BCUT2D eigenvalue weighted by atomic mass is 9.94. The van der Waals surface area contributed by atoms with E-state index in [4.69, 9.17) is 15.9 Å². The van der Waals surface area contributed by atoms with Crippen LogP contribution in [-0.4, -0.2) is 50.6 Å². The standard InChI is InChI=1S/C28H29N7O2/c29-25(19-10-12-23(13-11-19)37-22-8-2-1-3-9-22)24-26(30)32-18-33-27(24)34-21-7-5-15-35(17-21)28(36)20-6-4-14-31-16-20/h1-4,6,8-10,12,14,16,18,21,29H,5,7,11,13,15,17H2,(H3,30,32,33,34). The highest BCUT2D eigenvalue weighted by Crippen LogP contribution is 2.29. The van der Waals surface area contributed by atoms with Crippen LogP contribution >= 0.6 is 0 Å². The number of ether oxygens (including phenoxy) is 1. The molecule has 9 nitrogen and oxygen atoms in total. The fourth-order valence-corrected chi connectivity index (χ4v) is 4.61. The number of hydrogen-bond donors (Lipinski definition) is 3. The second-order valence-corrected chi connectivity index (χ2v) is 9.07. The molecule has 5 rings (SSSR count). The molecule has 2 aromatic heterocycles. The normalized spacial score (nSPS) is 17.4. The molecule has 0 saturated carbocycles. The lowest BCUT2D eigenvalue weighted by Gasteiger charge is -2.34. The lowest BCUT2D eigenvalue weighted by Crippen LogP contribution is -2.45. The molecule has 188 valence electrons. The van der Waals surface area contributed by atoms with Crippen LogP contribution < -0.4 is 15.8 Å². The molecule has 1 amide bonds. The fraction of sp³-hybridized carbons (Fsp3) is 0.250. The Bertz CT molecular complexity index is 1340. The summed E-state index contributed by atoms with van der Waals surface area (Å²) in [4.78, 5) is 27.4. The Labute approximate surface area is 215 Å². The van der Waals surface area contributed by atoms with Crippen LogP contribution in [0, 0.1) is 5.41 Å². The highest BCUT2D eigenvalue weighted by molar-refractivity contribution is 6.16. The summed E-state index contributed by atoms with van der Waals surface area (Å²) in [5.41, 5.74) is 8.42. The summed E-state index contributed by atoms with van der Waals surface area (Å²) < 4.78 is 5.95. The molecule has 2 aliphatic rings. The number of piperidine rings is 1. The van der Waals surface area contributed by atoms with Crippen LogP contribution in [0.4, 0.5) is 11.6 Å². The van der Waals surface area contributed by atoms with E-state index in [0.29, 0.717) is 42.9 Å². The Morgan fingerprint density at radius 2 is 1.97 bits per heavy atom. The number of carbonyl (C=O) groups is 1. The van der Waals surface area contributed by atoms with Crippen molar-refractivity contribution in [3.8, 4) is 5.75 Å². The maximum Gasteiger partial charge on any atom is 0.255 e. The van der Waals surface area contributed by atoms with Crippen molar-refractivity contribution in [1.29, 1.82) is 5.41 Å². The number of nitrogens with zero attached hydrogens (tertiary/aromatic N) is 4. The number of aromatic nitrogens is 3. The summed E-state index contributed by atoms with van der Waals surface area (Å²) in [6.45, 7) is 1.21. The first-order valence-corrected chi connectivity index (χ1v) is 12.4. The van der Waals surface area contributed by atoms with Gasteiger partial charge in [0.15, 0.2) is 0 Å². The molecular weight excluding hydrogens is 466 g/mol. The number of benzene rings is 1. The average molecular weight is 496 g/mol. The topological polar surface area (TPSA) is 130 Å². The fourth-order valence-electron chi connectivity index (χ4n) is 4.61. The molecular formula is C28H29N7O2. The predicted molar refractivity (Wildman–Crippen MR) is 143 cm³/mol. The van der Waals surface area contributed by atoms with Crippen molar-refractivity contribution in [2.75, 3.05) is 24.1 Å². The van der Waals surface area contributed by atoms with Crippen molar-refractivity contribution in [1.82, 2.24) is 19.9 Å². The van der Waals surface area contributed by atoms with Gasteiger partial charge in [0, 0.05) is 37.9 Å². The van der Waals surface area contributed by atoms with Gasteiger partial charge in [-0.3, -0.25) is 15.2 Å². The minimum atomic E-state index is -0.0394. The number of pyridine rings is 1. The van der Waals surface area contributed by atoms with Crippen LogP contribution in [-0.2, 0) is 0 Å². The largest absolute Gasteiger partial charge is 0.462 e. The SMILES string of the molecule is N=C(C1=CC=C(Oc2ccccc2)CC1)c1c(N)ncnc1NC1CCCN(C(=O)c2cccnc2)C1. The van der Waals surface area contributed by atoms with E-state index in [1.54, 1.807) is 24.5 Å². The second kappa shape index (κ2) is 11.0. The van der Waals surface area contributed by atoms with Gasteiger partial charge in [0.1, 0.15) is 29.5 Å². The molecule has 0 radical (unpaired) electrons. The zero-order valence-corrected chi connectivity index (χ0v) is 20.4. The Balaban J connectivity index is 1.30. The summed E-state index contributed by atoms with van der Waals surface area (Å²) in [6, 6.07) is 13.2. The van der Waals surface area contributed by atoms with Gasteiger partial charge in [-0.25, -0.2) is 9.97 Å². The zero-order chi connectivity index (χ0) is 25.6. The van der Waals surface area contributed by atoms with Crippen LogP contribution in [0.3, 0.4) is 0 Å². The Morgan fingerprint density at radius 1 is 1.11 bits per heavy atom. The number of hydrogen-bond acceptors (Lipinski definition) is 8. The van der Waals surface area contributed by atoms with E-state index in [9.17, 15) is 4.79 Å². The third-order valence-corrected chi connectivity index (χ3v) is 6.51. The van der Waals surface area contributed by atoms with Crippen molar-refractivity contribution in [2.24, 2.45) is 0 Å². The van der Waals surface area contributed by atoms with E-state index < -0.39 is 0 Å². The number of amides is 1. The minimum Gasteiger partial charge on any atom is -0.462 e. The molecule has 0 spiro atoms. The smallest absolute Gasteiger partial charge is 0.255 e. The quantitative estimate of drug-likeness (QED) is 0.418. The molecule has 1 fully saturated rings. The minimum absolute atomic E-state index is 0.0265. The molecule has 3 heterocycles. The van der Waals surface area contributed by atoms with Crippen molar-refractivity contribution in [3.63, 3.8) is 0 Å². The van der Waals surface area contributed by atoms with Crippen LogP contribution in [0.15, 0.2) is 84.7 Å². The van der Waals surface area contributed by atoms with E-state index in [0.717, 1.165) is 29.9 Å². The molecule has 1 aliphatic heterocycles. The van der Waals surface area contributed by atoms with Gasteiger partial charge in [-0.05, 0) is 55.2 Å². The lowest BCUT2D eigenvalue weighted by molar-refractivity contribution is 0.0714. The maximum absolute atomic E-state index is 12.9. The molecule has 1 aromatic carbocycles. The molecule has 1 atom stereocenters. The monoisotopic (exact) mass is 495 g/mol. The van der Waals surface area contributed by atoms with Crippen LogP contribution in [0.25, 0.3) is 0 Å². The van der Waals surface area contributed by atoms with E-state index in [-0.39, 0.29) is 23.5 Å². The zero-order valence-electron chi connectivity index (χ0n) is 20.4. The van der Waals surface area contributed by atoms with Gasteiger partial charge < -0.3 is 20.7 Å². The molecule has 1 aliphatic carbocycles. The first-order valence-electron chi connectivity index (χ1n) is 12.4. The van der Waals surface area contributed by atoms with Gasteiger partial charge in [-0.1, -0.05) is 24.3 Å². The predicted octanol–water partition coefficient (Wildman–Crippen LogP) is 4.22. The van der Waals surface area contributed by atoms with E-state index in [2.05, 4.69) is 20.3 Å². The Kier molecular flexibility index (Phi) is 7.21. The van der Waals surface area contributed by atoms with Gasteiger partial charge >= 0.3 is 0 Å². The summed E-state index contributed by atoms with van der Waals surface area (Å²) in [6.07, 6.45) is 11.5. The molecule has 3 aromatic rings. The first-order chi connectivity index (χ1) is 18.1. The number of likely N-dealkylation sites (tertiary alicyclic amines) is 1. The summed E-state index contributed by atoms with van der Waals surface area (Å²) in [5.74, 6) is 2.35. The number of allylic oxidation sites excluding steroid dienone is 4. The first kappa shape index (κ1) is 24.2. The van der Waals surface area contributed by atoms with Crippen LogP contribution in [0.1, 0.15) is 41.6 Å². The molecule has 9 heteroatoms. The number of nitrogens with one attached hydrogen (secondary N) is 2. The highest BCUT2D eigenvalue weighted by Gasteiger charge is 2.27. The van der Waals surface area contributed by atoms with Gasteiger partial charge in [-0.15, -0.1) is 0 Å². The molecule has 0 bridgehead atoms. The third kappa shape index (κ3) is 5.66. The summed E-state index contributed by atoms with van der Waals surface area (Å²) >= 11 is 0. The van der Waals surface area contributed by atoms with Gasteiger partial charge in [0.25, 0.3) is 5.91 Å². The van der Waals surface area contributed by atoms with Gasteiger partial charge in [0.05, 0.1) is 16.8 Å². The van der Waals surface area contributed by atoms with Crippen LogP contribution in [0.2, 0.25) is 0 Å². The van der Waals surface area contributed by atoms with Crippen molar-refractivity contribution in [3.05, 3.63) is 95.8 Å². The number of anilines is 2. The number of nitrogen functional groups attached to an aromatic ring is 1. The van der Waals surface area contributed by atoms with E-state index in [1.807, 2.05) is 47.4 Å². The van der Waals surface area contributed by atoms with Crippen molar-refractivity contribution >= 4 is 23.3 Å². The molecule has 1 saturated heterocycles. The van der Waals surface area contributed by atoms with Gasteiger partial charge in [0.2, 0.25) is 0 Å². The van der Waals surface area contributed by atoms with E-state index >= 15 is 0 Å². The van der Waals surface area contributed by atoms with Crippen LogP contribution in [0.5, 0.6) is 5.75 Å². The molecule has 4 N–H and O–H groups in total. The summed E-state index contributed by atoms with van der Waals surface area (Å²) in [7, 11) is 0. The highest BCUT2D eigenvalue weighted by atomic mass is 16.5. The third-order valence-electron chi connectivity index (χ3n) is 6.51. The van der Waals surface area contributed by atoms with Crippen molar-refractivity contribution in [2.45, 2.75) is 31.7 Å². The summed E-state index contributed by atoms with van der Waals surface area (Å²) in [5, 5.41) is 12.4. The van der Waals surface area contributed by atoms with Gasteiger partial charge in [-0.2, -0.15) is 0 Å². The molecule has 37 heavy (non-hydrogen) atoms. The average Bonchev–Trinajstić information content (AvgIpc) is 2.94. The maximum atomic E-state index is 12.9. The van der Waals surface area contributed by atoms with E-state index in [1.165, 1.54) is 6.33 Å². The Hall–Kier alpha value is -4.53. The number of rotatable bonds is 7.